The monoisotopic (exact) mass is 249 g/mol. The first-order chi connectivity index (χ1) is 8.83. The van der Waals surface area contributed by atoms with Gasteiger partial charge in [0.15, 0.2) is 0 Å². The number of nitrogens with zero attached hydrogens (tertiary/aromatic N) is 3. The van der Waals surface area contributed by atoms with Crippen LogP contribution in [0.1, 0.15) is 45.4 Å². The molecule has 1 aliphatic heterocycles. The predicted molar refractivity (Wildman–Crippen MR) is 74.3 cm³/mol. The fourth-order valence-electron chi connectivity index (χ4n) is 3.42. The van der Waals surface area contributed by atoms with Crippen LogP contribution in [-0.2, 0) is 0 Å². The highest BCUT2D eigenvalue weighted by atomic mass is 15.3. The highest BCUT2D eigenvalue weighted by Gasteiger charge is 2.25. The zero-order valence-electron chi connectivity index (χ0n) is 11.8. The van der Waals surface area contributed by atoms with E-state index >= 15 is 0 Å². The van der Waals surface area contributed by atoms with E-state index in [0.717, 1.165) is 31.8 Å². The molecule has 2 aliphatic rings. The first-order valence-electron chi connectivity index (χ1n) is 7.69. The van der Waals surface area contributed by atoms with Gasteiger partial charge in [0.25, 0.3) is 0 Å². The minimum Gasteiger partial charge on any atom is -0.301 e. The Labute approximate surface area is 112 Å². The Morgan fingerprint density at radius 1 is 1.17 bits per heavy atom. The molecule has 0 aromatic rings. The first kappa shape index (κ1) is 13.8. The third-order valence-corrected chi connectivity index (χ3v) is 4.55. The molecule has 0 aromatic heterocycles. The maximum atomic E-state index is 9.20. The summed E-state index contributed by atoms with van der Waals surface area (Å²) in [5.41, 5.74) is 0. The molecule has 0 radical (unpaired) electrons. The lowest BCUT2D eigenvalue weighted by Gasteiger charge is -2.37. The van der Waals surface area contributed by atoms with Crippen LogP contribution in [0.5, 0.6) is 0 Å². The van der Waals surface area contributed by atoms with E-state index in [1.165, 1.54) is 45.3 Å². The van der Waals surface area contributed by atoms with Gasteiger partial charge in [0, 0.05) is 32.7 Å². The zero-order chi connectivity index (χ0) is 12.8. The average Bonchev–Trinajstić information content (AvgIpc) is 2.90. The van der Waals surface area contributed by atoms with E-state index in [2.05, 4.69) is 22.8 Å². The molecule has 2 fully saturated rings. The number of rotatable bonds is 5. The van der Waals surface area contributed by atoms with Crippen molar-refractivity contribution in [1.29, 1.82) is 5.26 Å². The Morgan fingerprint density at radius 2 is 1.83 bits per heavy atom. The van der Waals surface area contributed by atoms with E-state index in [1.54, 1.807) is 0 Å². The van der Waals surface area contributed by atoms with Gasteiger partial charge in [0.2, 0.25) is 0 Å². The van der Waals surface area contributed by atoms with E-state index in [4.69, 9.17) is 0 Å². The summed E-state index contributed by atoms with van der Waals surface area (Å²) in [5.74, 6) is 0.957. The smallest absolute Gasteiger partial charge is 0.0978 e. The van der Waals surface area contributed by atoms with Crippen LogP contribution in [0.25, 0.3) is 0 Å². The van der Waals surface area contributed by atoms with E-state index in [9.17, 15) is 5.26 Å². The van der Waals surface area contributed by atoms with Crippen molar-refractivity contribution >= 4 is 0 Å². The van der Waals surface area contributed by atoms with E-state index in [1.807, 2.05) is 0 Å². The highest BCUT2D eigenvalue weighted by Crippen LogP contribution is 2.26. The molecule has 1 aliphatic carbocycles. The summed E-state index contributed by atoms with van der Waals surface area (Å²) in [4.78, 5) is 5.00. The van der Waals surface area contributed by atoms with Crippen LogP contribution in [0.4, 0.5) is 0 Å². The summed E-state index contributed by atoms with van der Waals surface area (Å²) in [6.45, 7) is 7.98. The van der Waals surface area contributed by atoms with Gasteiger partial charge in [-0.1, -0.05) is 26.2 Å². The molecule has 3 heteroatoms. The van der Waals surface area contributed by atoms with Crippen molar-refractivity contribution < 1.29 is 0 Å². The molecule has 0 spiro atoms. The third-order valence-electron chi connectivity index (χ3n) is 4.55. The van der Waals surface area contributed by atoms with Crippen molar-refractivity contribution in [2.45, 2.75) is 51.5 Å². The Morgan fingerprint density at radius 3 is 2.39 bits per heavy atom. The Balaban J connectivity index is 1.71. The minimum atomic E-state index is 0.156. The molecule has 0 bridgehead atoms. The maximum Gasteiger partial charge on any atom is 0.0978 e. The Kier molecular flexibility index (Phi) is 5.46. The van der Waals surface area contributed by atoms with Gasteiger partial charge < -0.3 is 4.90 Å². The SMILES string of the molecule is CCCC(C#N)N1CCN(CC2CCCC2)CC1. The highest BCUT2D eigenvalue weighted by molar-refractivity contribution is 4.93. The molecular formula is C15H27N3. The van der Waals surface area contributed by atoms with E-state index in [-0.39, 0.29) is 6.04 Å². The summed E-state index contributed by atoms with van der Waals surface area (Å²) in [5, 5.41) is 9.20. The Bertz CT molecular complexity index is 270. The third kappa shape index (κ3) is 3.70. The van der Waals surface area contributed by atoms with Crippen LogP contribution in [0, 0.1) is 17.2 Å². The molecule has 2 rings (SSSR count). The van der Waals surface area contributed by atoms with Crippen molar-refractivity contribution in [3.8, 4) is 6.07 Å². The molecule has 0 aromatic carbocycles. The quantitative estimate of drug-likeness (QED) is 0.750. The molecule has 1 atom stereocenters. The lowest BCUT2D eigenvalue weighted by Crippen LogP contribution is -2.50. The summed E-state index contributed by atoms with van der Waals surface area (Å²) in [6, 6.07) is 2.62. The van der Waals surface area contributed by atoms with Crippen LogP contribution in [-0.4, -0.2) is 48.6 Å². The molecular weight excluding hydrogens is 222 g/mol. The molecule has 0 N–H and O–H groups in total. The lowest BCUT2D eigenvalue weighted by atomic mass is 10.1. The first-order valence-corrected chi connectivity index (χ1v) is 7.69. The van der Waals surface area contributed by atoms with E-state index in [0.29, 0.717) is 0 Å². The fraction of sp³-hybridized carbons (Fsp3) is 0.933. The topological polar surface area (TPSA) is 30.3 Å². The molecule has 3 nitrogen and oxygen atoms in total. The van der Waals surface area contributed by atoms with Gasteiger partial charge in [-0.3, -0.25) is 4.90 Å². The van der Waals surface area contributed by atoms with Crippen LogP contribution in [0.3, 0.4) is 0 Å². The number of nitriles is 1. The fourth-order valence-corrected chi connectivity index (χ4v) is 3.42. The van der Waals surface area contributed by atoms with Gasteiger partial charge in [-0.25, -0.2) is 0 Å². The van der Waals surface area contributed by atoms with Crippen molar-refractivity contribution in [2.24, 2.45) is 5.92 Å². The summed E-state index contributed by atoms with van der Waals surface area (Å²) >= 11 is 0. The number of hydrogen-bond donors (Lipinski definition) is 0. The molecule has 1 heterocycles. The lowest BCUT2D eigenvalue weighted by molar-refractivity contribution is 0.0993. The second kappa shape index (κ2) is 7.11. The van der Waals surface area contributed by atoms with E-state index < -0.39 is 0 Å². The molecule has 18 heavy (non-hydrogen) atoms. The van der Waals surface area contributed by atoms with Gasteiger partial charge in [-0.15, -0.1) is 0 Å². The van der Waals surface area contributed by atoms with Crippen LogP contribution in [0.15, 0.2) is 0 Å². The van der Waals surface area contributed by atoms with Gasteiger partial charge in [-0.2, -0.15) is 5.26 Å². The molecule has 1 unspecified atom stereocenters. The molecule has 1 saturated carbocycles. The molecule has 1 saturated heterocycles. The molecule has 0 amide bonds. The van der Waals surface area contributed by atoms with Crippen molar-refractivity contribution in [1.82, 2.24) is 9.80 Å². The largest absolute Gasteiger partial charge is 0.301 e. The number of hydrogen-bond acceptors (Lipinski definition) is 3. The normalized spacial score (nSPS) is 25.1. The van der Waals surface area contributed by atoms with Crippen LogP contribution < -0.4 is 0 Å². The van der Waals surface area contributed by atoms with Crippen molar-refractivity contribution in [3.63, 3.8) is 0 Å². The standard InChI is InChI=1S/C15H27N3/c1-2-5-15(12-16)18-10-8-17(9-11-18)13-14-6-3-4-7-14/h14-15H,2-11,13H2,1H3. The molecule has 102 valence electrons. The summed E-state index contributed by atoms with van der Waals surface area (Å²) in [6.07, 6.45) is 7.91. The van der Waals surface area contributed by atoms with Crippen molar-refractivity contribution in [3.05, 3.63) is 0 Å². The average molecular weight is 249 g/mol. The van der Waals surface area contributed by atoms with Crippen LogP contribution in [0.2, 0.25) is 0 Å². The second-order valence-electron chi connectivity index (χ2n) is 5.92. The summed E-state index contributed by atoms with van der Waals surface area (Å²) in [7, 11) is 0. The van der Waals surface area contributed by atoms with Crippen LogP contribution >= 0.6 is 0 Å². The maximum absolute atomic E-state index is 9.20. The zero-order valence-corrected chi connectivity index (χ0v) is 11.8. The van der Waals surface area contributed by atoms with Gasteiger partial charge in [-0.05, 0) is 25.2 Å². The minimum absolute atomic E-state index is 0.156. The van der Waals surface area contributed by atoms with Gasteiger partial charge in [0.05, 0.1) is 12.1 Å². The second-order valence-corrected chi connectivity index (χ2v) is 5.92. The van der Waals surface area contributed by atoms with Gasteiger partial charge in [0.1, 0.15) is 0 Å². The van der Waals surface area contributed by atoms with Gasteiger partial charge >= 0.3 is 0 Å². The van der Waals surface area contributed by atoms with Crippen molar-refractivity contribution in [2.75, 3.05) is 32.7 Å². The number of piperazine rings is 1. The Hall–Kier alpha value is -0.590. The predicted octanol–water partition coefficient (Wildman–Crippen LogP) is 2.49. The summed E-state index contributed by atoms with van der Waals surface area (Å²) < 4.78 is 0.